The second-order valence-electron chi connectivity index (χ2n) is 4.25. The standard InChI is InChI=1S/C11H17N3O3/c1-5-11(4,10(16)17)12-9(15)8-6(2)13-14-7(8)3/h5H2,1-4H3,(H,12,15)(H,13,14)(H,16,17). The molecule has 3 N–H and O–H groups in total. The maximum atomic E-state index is 12.0. The van der Waals surface area contributed by atoms with Crippen LogP contribution < -0.4 is 5.32 Å². The number of amides is 1. The lowest BCUT2D eigenvalue weighted by Crippen LogP contribution is -2.51. The quantitative estimate of drug-likeness (QED) is 0.730. The molecule has 1 heterocycles. The lowest BCUT2D eigenvalue weighted by Gasteiger charge is -2.24. The minimum atomic E-state index is -1.26. The van der Waals surface area contributed by atoms with E-state index in [2.05, 4.69) is 15.5 Å². The van der Waals surface area contributed by atoms with E-state index in [1.165, 1.54) is 6.92 Å². The number of carbonyl (C=O) groups excluding carboxylic acids is 1. The van der Waals surface area contributed by atoms with Crippen LogP contribution in [0.5, 0.6) is 0 Å². The van der Waals surface area contributed by atoms with Crippen LogP contribution in [-0.2, 0) is 4.79 Å². The number of aryl methyl sites for hydroxylation is 2. The summed E-state index contributed by atoms with van der Waals surface area (Å²) in [4.78, 5) is 23.1. The van der Waals surface area contributed by atoms with Gasteiger partial charge in [-0.05, 0) is 27.2 Å². The minimum Gasteiger partial charge on any atom is -0.480 e. The molecule has 6 heteroatoms. The molecule has 0 aliphatic rings. The summed E-state index contributed by atoms with van der Waals surface area (Å²) in [6.07, 6.45) is 0.310. The maximum Gasteiger partial charge on any atom is 0.329 e. The van der Waals surface area contributed by atoms with Crippen molar-refractivity contribution in [2.45, 2.75) is 39.7 Å². The molecule has 1 rings (SSSR count). The highest BCUT2D eigenvalue weighted by Crippen LogP contribution is 2.14. The zero-order valence-corrected chi connectivity index (χ0v) is 10.4. The zero-order valence-electron chi connectivity index (χ0n) is 10.4. The SMILES string of the molecule is CCC(C)(NC(=O)c1c(C)n[nH]c1C)C(=O)O. The van der Waals surface area contributed by atoms with Gasteiger partial charge >= 0.3 is 5.97 Å². The summed E-state index contributed by atoms with van der Waals surface area (Å²) in [7, 11) is 0. The molecule has 0 fully saturated rings. The summed E-state index contributed by atoms with van der Waals surface area (Å²) in [5.41, 5.74) is 0.339. The fraction of sp³-hybridized carbons (Fsp3) is 0.545. The van der Waals surface area contributed by atoms with E-state index in [1.54, 1.807) is 20.8 Å². The Labute approximate surface area is 99.4 Å². The van der Waals surface area contributed by atoms with Gasteiger partial charge in [-0.2, -0.15) is 5.10 Å². The molecule has 0 spiro atoms. The molecule has 94 valence electrons. The number of carboxylic acid groups (broad SMARTS) is 1. The van der Waals surface area contributed by atoms with E-state index in [4.69, 9.17) is 5.11 Å². The number of nitrogens with one attached hydrogen (secondary N) is 2. The molecule has 0 saturated heterocycles. The number of aliphatic carboxylic acids is 1. The highest BCUT2D eigenvalue weighted by Gasteiger charge is 2.34. The third kappa shape index (κ3) is 2.46. The van der Waals surface area contributed by atoms with Gasteiger partial charge in [-0.3, -0.25) is 9.89 Å². The molecular weight excluding hydrogens is 222 g/mol. The number of aromatic nitrogens is 2. The van der Waals surface area contributed by atoms with Crippen LogP contribution in [0.15, 0.2) is 0 Å². The van der Waals surface area contributed by atoms with Crippen molar-refractivity contribution in [3.05, 3.63) is 17.0 Å². The average molecular weight is 239 g/mol. The lowest BCUT2D eigenvalue weighted by atomic mass is 9.98. The summed E-state index contributed by atoms with van der Waals surface area (Å²) in [6.45, 7) is 6.61. The summed E-state index contributed by atoms with van der Waals surface area (Å²) in [6, 6.07) is 0. The molecule has 0 aliphatic heterocycles. The van der Waals surface area contributed by atoms with Crippen molar-refractivity contribution in [3.63, 3.8) is 0 Å². The van der Waals surface area contributed by atoms with Crippen molar-refractivity contribution in [2.75, 3.05) is 0 Å². The van der Waals surface area contributed by atoms with Gasteiger partial charge < -0.3 is 10.4 Å². The van der Waals surface area contributed by atoms with Crippen molar-refractivity contribution in [1.29, 1.82) is 0 Å². The third-order valence-electron chi connectivity index (χ3n) is 2.92. The molecule has 6 nitrogen and oxygen atoms in total. The molecule has 0 saturated carbocycles. The Morgan fingerprint density at radius 1 is 1.47 bits per heavy atom. The van der Waals surface area contributed by atoms with Gasteiger partial charge in [-0.1, -0.05) is 6.92 Å². The first-order valence-corrected chi connectivity index (χ1v) is 5.39. The van der Waals surface area contributed by atoms with Gasteiger partial charge in [0.1, 0.15) is 5.54 Å². The highest BCUT2D eigenvalue weighted by atomic mass is 16.4. The Morgan fingerprint density at radius 2 is 2.06 bits per heavy atom. The van der Waals surface area contributed by atoms with Crippen LogP contribution in [0.1, 0.15) is 42.0 Å². The second-order valence-corrected chi connectivity index (χ2v) is 4.25. The van der Waals surface area contributed by atoms with Crippen molar-refractivity contribution in [3.8, 4) is 0 Å². The van der Waals surface area contributed by atoms with Gasteiger partial charge in [0.2, 0.25) is 0 Å². The number of hydrogen-bond donors (Lipinski definition) is 3. The number of nitrogens with zero attached hydrogens (tertiary/aromatic N) is 1. The van der Waals surface area contributed by atoms with Gasteiger partial charge in [0, 0.05) is 5.69 Å². The van der Waals surface area contributed by atoms with E-state index in [-0.39, 0.29) is 0 Å². The van der Waals surface area contributed by atoms with Gasteiger partial charge in [0.25, 0.3) is 5.91 Å². The van der Waals surface area contributed by atoms with Crippen molar-refractivity contribution in [1.82, 2.24) is 15.5 Å². The molecule has 17 heavy (non-hydrogen) atoms. The monoisotopic (exact) mass is 239 g/mol. The predicted molar refractivity (Wildman–Crippen MR) is 61.9 cm³/mol. The van der Waals surface area contributed by atoms with Crippen LogP contribution in [0.4, 0.5) is 0 Å². The Bertz CT molecular complexity index is 433. The van der Waals surface area contributed by atoms with Crippen LogP contribution in [0.2, 0.25) is 0 Å². The van der Waals surface area contributed by atoms with Crippen LogP contribution in [0, 0.1) is 13.8 Å². The summed E-state index contributed by atoms with van der Waals surface area (Å²) in [5, 5.41) is 18.2. The van der Waals surface area contributed by atoms with E-state index in [9.17, 15) is 9.59 Å². The first-order chi connectivity index (χ1) is 7.81. The molecule has 1 amide bonds. The fourth-order valence-corrected chi connectivity index (χ4v) is 1.49. The molecule has 1 aromatic rings. The Kier molecular flexibility index (Phi) is 3.55. The largest absolute Gasteiger partial charge is 0.480 e. The normalized spacial score (nSPS) is 14.1. The molecule has 0 aliphatic carbocycles. The maximum absolute atomic E-state index is 12.0. The lowest BCUT2D eigenvalue weighted by molar-refractivity contribution is -0.143. The smallest absolute Gasteiger partial charge is 0.329 e. The van der Waals surface area contributed by atoms with E-state index in [1.807, 2.05) is 0 Å². The van der Waals surface area contributed by atoms with Crippen LogP contribution in [0.3, 0.4) is 0 Å². The molecular formula is C11H17N3O3. The second kappa shape index (κ2) is 4.57. The average Bonchev–Trinajstić information content (AvgIpc) is 2.58. The van der Waals surface area contributed by atoms with E-state index >= 15 is 0 Å². The first kappa shape index (κ1) is 13.2. The van der Waals surface area contributed by atoms with Crippen molar-refractivity contribution < 1.29 is 14.7 Å². The van der Waals surface area contributed by atoms with Crippen LogP contribution in [-0.4, -0.2) is 32.7 Å². The van der Waals surface area contributed by atoms with Crippen molar-refractivity contribution in [2.24, 2.45) is 0 Å². The van der Waals surface area contributed by atoms with E-state index in [0.29, 0.717) is 23.4 Å². The number of rotatable bonds is 4. The van der Waals surface area contributed by atoms with E-state index < -0.39 is 17.4 Å². The van der Waals surface area contributed by atoms with Crippen LogP contribution >= 0.6 is 0 Å². The minimum absolute atomic E-state index is 0.310. The first-order valence-electron chi connectivity index (χ1n) is 5.39. The fourth-order valence-electron chi connectivity index (χ4n) is 1.49. The molecule has 1 atom stereocenters. The van der Waals surface area contributed by atoms with Crippen LogP contribution in [0.25, 0.3) is 0 Å². The van der Waals surface area contributed by atoms with Crippen molar-refractivity contribution >= 4 is 11.9 Å². The number of hydrogen-bond acceptors (Lipinski definition) is 3. The highest BCUT2D eigenvalue weighted by molar-refractivity contribution is 5.99. The van der Waals surface area contributed by atoms with Gasteiger partial charge in [0.05, 0.1) is 11.3 Å². The predicted octanol–water partition coefficient (Wildman–Crippen LogP) is 1.01. The summed E-state index contributed by atoms with van der Waals surface area (Å²) in [5.74, 6) is -1.47. The zero-order chi connectivity index (χ0) is 13.2. The Balaban J connectivity index is 2.97. The molecule has 0 radical (unpaired) electrons. The number of aromatic amines is 1. The molecule has 0 aromatic carbocycles. The number of carbonyl (C=O) groups is 2. The van der Waals surface area contributed by atoms with Gasteiger partial charge in [-0.25, -0.2) is 4.79 Å². The third-order valence-corrected chi connectivity index (χ3v) is 2.92. The number of H-pyrrole nitrogens is 1. The van der Waals surface area contributed by atoms with Gasteiger partial charge in [0.15, 0.2) is 0 Å². The number of carboxylic acids is 1. The van der Waals surface area contributed by atoms with E-state index in [0.717, 1.165) is 0 Å². The molecule has 1 aromatic heterocycles. The Morgan fingerprint density at radius 3 is 2.41 bits per heavy atom. The van der Waals surface area contributed by atoms with Gasteiger partial charge in [-0.15, -0.1) is 0 Å². The summed E-state index contributed by atoms with van der Waals surface area (Å²) >= 11 is 0. The molecule has 1 unspecified atom stereocenters. The molecule has 0 bridgehead atoms. The topological polar surface area (TPSA) is 95.1 Å². The Hall–Kier alpha value is -1.85. The summed E-state index contributed by atoms with van der Waals surface area (Å²) < 4.78 is 0.